The summed E-state index contributed by atoms with van der Waals surface area (Å²) in [6.07, 6.45) is 1.53. The van der Waals surface area contributed by atoms with E-state index in [9.17, 15) is 14.9 Å². The maximum atomic E-state index is 12.8. The number of methoxy groups -OCH3 is 1. The number of nitrogens with zero attached hydrogens (tertiary/aromatic N) is 2. The highest BCUT2D eigenvalue weighted by Crippen LogP contribution is 2.23. The first-order valence-corrected chi connectivity index (χ1v) is 7.09. The predicted octanol–water partition coefficient (Wildman–Crippen LogP) is 2.79. The number of carbonyl (C=O) groups is 1. The van der Waals surface area contributed by atoms with Crippen molar-refractivity contribution in [2.45, 2.75) is 13.5 Å². The first-order valence-electron chi connectivity index (χ1n) is 7.09. The number of benzene rings is 1. The minimum atomic E-state index is -0.488. The van der Waals surface area contributed by atoms with E-state index in [1.54, 1.807) is 37.1 Å². The topological polar surface area (TPSA) is 85.8 Å². The number of hydrogen-bond donors (Lipinski definition) is 0. The normalized spacial score (nSPS) is 10.5. The number of amides is 1. The standard InChI is InChI=1S/C16H18N2O5/c1-12-14(6-3-7-15(12)18(20)21)16(19)17(8-10-22-2)11-13-5-4-9-23-13/h3-7,9H,8,10-11H2,1-2H3. The van der Waals surface area contributed by atoms with Gasteiger partial charge in [-0.05, 0) is 25.1 Å². The molecule has 0 unspecified atom stereocenters. The van der Waals surface area contributed by atoms with Crippen molar-refractivity contribution in [3.05, 3.63) is 63.6 Å². The molecular weight excluding hydrogens is 300 g/mol. The van der Waals surface area contributed by atoms with Gasteiger partial charge < -0.3 is 14.1 Å². The van der Waals surface area contributed by atoms with Crippen LogP contribution >= 0.6 is 0 Å². The first kappa shape index (κ1) is 16.7. The van der Waals surface area contributed by atoms with Crippen molar-refractivity contribution in [2.75, 3.05) is 20.3 Å². The minimum Gasteiger partial charge on any atom is -0.467 e. The molecule has 7 heteroatoms. The molecule has 2 rings (SSSR count). The molecule has 0 bridgehead atoms. The van der Waals surface area contributed by atoms with Crippen LogP contribution in [0, 0.1) is 17.0 Å². The van der Waals surface area contributed by atoms with Gasteiger partial charge in [0.15, 0.2) is 0 Å². The molecule has 0 atom stereocenters. The molecule has 1 aromatic carbocycles. The summed E-state index contributed by atoms with van der Waals surface area (Å²) in [7, 11) is 1.55. The largest absolute Gasteiger partial charge is 0.467 e. The third-order valence-electron chi connectivity index (χ3n) is 3.51. The maximum Gasteiger partial charge on any atom is 0.273 e. The number of nitro groups is 1. The average Bonchev–Trinajstić information content (AvgIpc) is 3.03. The fourth-order valence-corrected chi connectivity index (χ4v) is 2.27. The molecule has 1 aromatic heterocycles. The molecular formula is C16H18N2O5. The number of hydrogen-bond acceptors (Lipinski definition) is 5. The van der Waals surface area contributed by atoms with Gasteiger partial charge in [-0.25, -0.2) is 0 Å². The number of furan rings is 1. The van der Waals surface area contributed by atoms with Crippen LogP contribution in [0.25, 0.3) is 0 Å². The van der Waals surface area contributed by atoms with Crippen LogP contribution in [0.15, 0.2) is 41.0 Å². The predicted molar refractivity (Wildman–Crippen MR) is 83.2 cm³/mol. The molecule has 0 aliphatic carbocycles. The Morgan fingerprint density at radius 1 is 1.35 bits per heavy atom. The van der Waals surface area contributed by atoms with E-state index in [4.69, 9.17) is 9.15 Å². The molecule has 0 aliphatic rings. The second-order valence-electron chi connectivity index (χ2n) is 5.01. The lowest BCUT2D eigenvalue weighted by Gasteiger charge is -2.22. The molecule has 0 aliphatic heterocycles. The van der Waals surface area contributed by atoms with Gasteiger partial charge in [0, 0.05) is 30.8 Å². The maximum absolute atomic E-state index is 12.8. The summed E-state index contributed by atoms with van der Waals surface area (Å²) in [6.45, 7) is 2.57. The number of rotatable bonds is 7. The zero-order chi connectivity index (χ0) is 16.8. The zero-order valence-electron chi connectivity index (χ0n) is 13.0. The Hall–Kier alpha value is -2.67. The van der Waals surface area contributed by atoms with Crippen molar-refractivity contribution in [1.82, 2.24) is 4.90 Å². The van der Waals surface area contributed by atoms with Crippen molar-refractivity contribution in [3.63, 3.8) is 0 Å². The number of ether oxygens (including phenoxy) is 1. The van der Waals surface area contributed by atoms with E-state index in [1.807, 2.05) is 0 Å². The fourth-order valence-electron chi connectivity index (χ4n) is 2.27. The summed E-state index contributed by atoms with van der Waals surface area (Å²) >= 11 is 0. The zero-order valence-corrected chi connectivity index (χ0v) is 13.0. The van der Waals surface area contributed by atoms with Gasteiger partial charge in [0.2, 0.25) is 0 Å². The number of nitro benzene ring substituents is 1. The van der Waals surface area contributed by atoms with Crippen LogP contribution < -0.4 is 0 Å². The van der Waals surface area contributed by atoms with E-state index >= 15 is 0 Å². The van der Waals surface area contributed by atoms with Crippen LogP contribution in [-0.4, -0.2) is 36.0 Å². The van der Waals surface area contributed by atoms with Crippen molar-refractivity contribution in [1.29, 1.82) is 0 Å². The lowest BCUT2D eigenvalue weighted by molar-refractivity contribution is -0.385. The Labute approximate surface area is 133 Å². The second kappa shape index (κ2) is 7.55. The van der Waals surface area contributed by atoms with Gasteiger partial charge in [0.25, 0.3) is 11.6 Å². The molecule has 1 amide bonds. The quantitative estimate of drug-likeness (QED) is 0.579. The van der Waals surface area contributed by atoms with Gasteiger partial charge in [0.1, 0.15) is 5.76 Å². The molecule has 0 spiro atoms. The Morgan fingerprint density at radius 3 is 2.74 bits per heavy atom. The molecule has 0 N–H and O–H groups in total. The summed E-state index contributed by atoms with van der Waals surface area (Å²) < 4.78 is 10.3. The molecule has 122 valence electrons. The smallest absolute Gasteiger partial charge is 0.273 e. The summed E-state index contributed by atoms with van der Waals surface area (Å²) in [5, 5.41) is 11.0. The lowest BCUT2D eigenvalue weighted by Crippen LogP contribution is -2.33. The average molecular weight is 318 g/mol. The van der Waals surface area contributed by atoms with Crippen LogP contribution in [0.3, 0.4) is 0 Å². The van der Waals surface area contributed by atoms with Gasteiger partial charge in [0.05, 0.1) is 24.3 Å². The molecule has 23 heavy (non-hydrogen) atoms. The summed E-state index contributed by atoms with van der Waals surface area (Å²) in [6, 6.07) is 8.00. The summed E-state index contributed by atoms with van der Waals surface area (Å²) in [4.78, 5) is 24.9. The van der Waals surface area contributed by atoms with Gasteiger partial charge in [-0.2, -0.15) is 0 Å². The Bertz CT molecular complexity index is 682. The monoisotopic (exact) mass is 318 g/mol. The van der Waals surface area contributed by atoms with Crippen molar-refractivity contribution < 1.29 is 18.9 Å². The van der Waals surface area contributed by atoms with Crippen LogP contribution in [0.1, 0.15) is 21.7 Å². The van der Waals surface area contributed by atoms with E-state index in [2.05, 4.69) is 0 Å². The van der Waals surface area contributed by atoms with E-state index in [0.29, 0.717) is 30.0 Å². The second-order valence-corrected chi connectivity index (χ2v) is 5.01. The van der Waals surface area contributed by atoms with E-state index < -0.39 is 4.92 Å². The van der Waals surface area contributed by atoms with Crippen molar-refractivity contribution in [3.8, 4) is 0 Å². The van der Waals surface area contributed by atoms with Gasteiger partial charge in [-0.1, -0.05) is 6.07 Å². The Morgan fingerprint density at radius 2 is 2.13 bits per heavy atom. The van der Waals surface area contributed by atoms with Crippen molar-refractivity contribution in [2.24, 2.45) is 0 Å². The number of carbonyl (C=O) groups excluding carboxylic acids is 1. The lowest BCUT2D eigenvalue weighted by atomic mass is 10.1. The highest BCUT2D eigenvalue weighted by molar-refractivity contribution is 5.96. The van der Waals surface area contributed by atoms with Crippen molar-refractivity contribution >= 4 is 11.6 Å². The molecule has 0 saturated heterocycles. The molecule has 2 aromatic rings. The van der Waals surface area contributed by atoms with E-state index in [1.165, 1.54) is 18.4 Å². The van der Waals surface area contributed by atoms with Gasteiger partial charge in [-0.15, -0.1) is 0 Å². The summed E-state index contributed by atoms with van der Waals surface area (Å²) in [5.74, 6) is 0.345. The van der Waals surface area contributed by atoms with Crippen LogP contribution in [0.4, 0.5) is 5.69 Å². The Balaban J connectivity index is 2.29. The molecule has 1 heterocycles. The first-order chi connectivity index (χ1) is 11.0. The third kappa shape index (κ3) is 3.95. The fraction of sp³-hybridized carbons (Fsp3) is 0.312. The van der Waals surface area contributed by atoms with Crippen LogP contribution in [0.5, 0.6) is 0 Å². The van der Waals surface area contributed by atoms with E-state index in [0.717, 1.165) is 0 Å². The van der Waals surface area contributed by atoms with E-state index in [-0.39, 0.29) is 18.1 Å². The summed E-state index contributed by atoms with van der Waals surface area (Å²) in [5.41, 5.74) is 0.590. The third-order valence-corrected chi connectivity index (χ3v) is 3.51. The molecule has 0 fully saturated rings. The Kier molecular flexibility index (Phi) is 5.48. The van der Waals surface area contributed by atoms with Crippen LogP contribution in [-0.2, 0) is 11.3 Å². The molecule has 0 radical (unpaired) electrons. The molecule has 0 saturated carbocycles. The van der Waals surface area contributed by atoms with Crippen LogP contribution in [0.2, 0.25) is 0 Å². The SMILES string of the molecule is COCCN(Cc1ccco1)C(=O)c1cccc([N+](=O)[O-])c1C. The highest BCUT2D eigenvalue weighted by Gasteiger charge is 2.23. The van der Waals surface area contributed by atoms with Gasteiger partial charge in [-0.3, -0.25) is 14.9 Å². The highest BCUT2D eigenvalue weighted by atomic mass is 16.6. The molecule has 7 nitrogen and oxygen atoms in total. The van der Waals surface area contributed by atoms with Gasteiger partial charge >= 0.3 is 0 Å². The minimum absolute atomic E-state index is 0.0689.